The Bertz CT molecular complexity index is 232. The summed E-state index contributed by atoms with van der Waals surface area (Å²) < 4.78 is 22.2. The van der Waals surface area contributed by atoms with E-state index in [0.717, 1.165) is 0 Å². The van der Waals surface area contributed by atoms with Crippen molar-refractivity contribution in [2.75, 3.05) is 0 Å². The fraction of sp³-hybridized carbons (Fsp3) is 0.800. The first-order valence-corrected chi connectivity index (χ1v) is 4.69. The lowest BCUT2D eigenvalue weighted by atomic mass is 10.1. The van der Waals surface area contributed by atoms with Gasteiger partial charge in [0.15, 0.2) is 0 Å². The Labute approximate surface area is 66.1 Å². The minimum absolute atomic E-state index is 0.122. The summed E-state index contributed by atoms with van der Waals surface area (Å²) in [4.78, 5) is 10.7. The number of hydrogen-bond acceptors (Lipinski definition) is 3. The van der Waals surface area contributed by atoms with E-state index < -0.39 is 16.1 Å². The number of nitrogens with two attached hydrogens (primary N) is 1. The summed E-state index contributed by atoms with van der Waals surface area (Å²) in [5.74, 6) is -0.445. The maximum atomic E-state index is 10.7. The second-order valence-electron chi connectivity index (χ2n) is 2.67. The lowest BCUT2D eigenvalue weighted by Crippen LogP contribution is -2.36. The van der Waals surface area contributed by atoms with Gasteiger partial charge in [-0.3, -0.25) is 4.79 Å². The topological polar surface area (TPSA) is 89.3 Å². The number of rotatable bonds is 3. The highest BCUT2D eigenvalue weighted by Gasteiger charge is 2.09. The molecule has 0 bridgehead atoms. The van der Waals surface area contributed by atoms with Gasteiger partial charge in [-0.25, -0.2) is 9.86 Å². The van der Waals surface area contributed by atoms with E-state index in [2.05, 4.69) is 5.14 Å². The number of carbonyl (C=O) groups is 1. The predicted octanol–water partition coefficient (Wildman–Crippen LogP) is -0.648. The van der Waals surface area contributed by atoms with Gasteiger partial charge < -0.3 is 0 Å². The van der Waals surface area contributed by atoms with Gasteiger partial charge in [0.05, 0.1) is 0 Å². The van der Waals surface area contributed by atoms with Crippen LogP contribution >= 0.6 is 0 Å². The largest absolute Gasteiger partial charge is 0.298 e. The molecular weight excluding hydrogens is 168 g/mol. The number of carbonyl (C=O) groups excluding carboxylic acids is 1. The monoisotopic (exact) mass is 180 g/mol. The third-order valence-electron chi connectivity index (χ3n) is 0.850. The first kappa shape index (κ1) is 10.4. The van der Waals surface area contributed by atoms with Crippen molar-refractivity contribution in [1.82, 2.24) is 4.72 Å². The fourth-order valence-electron chi connectivity index (χ4n) is 0.571. The van der Waals surface area contributed by atoms with Gasteiger partial charge >= 0.3 is 0 Å². The standard InChI is InChI=1S/C5H12N2O3S/c1-4(2)3-5(8)7-11(6,9)10/h4H,3H2,1-2H3,(H,7,8)(H2,6,9,10). The van der Waals surface area contributed by atoms with Crippen molar-refractivity contribution in [2.45, 2.75) is 20.3 Å². The summed E-state index contributed by atoms with van der Waals surface area (Å²) in [6.07, 6.45) is 0.163. The zero-order chi connectivity index (χ0) is 9.07. The molecule has 0 aromatic carbocycles. The van der Waals surface area contributed by atoms with Crippen LogP contribution in [0.3, 0.4) is 0 Å². The Balaban J connectivity index is 3.91. The fourth-order valence-corrected chi connectivity index (χ4v) is 0.972. The molecule has 0 aliphatic heterocycles. The maximum absolute atomic E-state index is 10.7. The molecule has 1 amide bonds. The molecule has 66 valence electrons. The molecule has 5 nitrogen and oxygen atoms in total. The van der Waals surface area contributed by atoms with Gasteiger partial charge in [-0.1, -0.05) is 13.8 Å². The van der Waals surface area contributed by atoms with Crippen LogP contribution in [0.2, 0.25) is 0 Å². The molecule has 0 aliphatic rings. The van der Waals surface area contributed by atoms with Crippen LogP contribution in [-0.4, -0.2) is 14.3 Å². The number of hydrogen-bond donors (Lipinski definition) is 2. The first-order chi connectivity index (χ1) is 4.81. The van der Waals surface area contributed by atoms with Crippen LogP contribution in [0.25, 0.3) is 0 Å². The van der Waals surface area contributed by atoms with Gasteiger partial charge in [0, 0.05) is 6.42 Å². The minimum Gasteiger partial charge on any atom is -0.274 e. The van der Waals surface area contributed by atoms with Gasteiger partial charge in [0.1, 0.15) is 0 Å². The van der Waals surface area contributed by atoms with E-state index in [4.69, 9.17) is 0 Å². The van der Waals surface area contributed by atoms with E-state index in [-0.39, 0.29) is 12.3 Å². The Morgan fingerprint density at radius 3 is 2.27 bits per heavy atom. The molecule has 6 heteroatoms. The summed E-state index contributed by atoms with van der Waals surface area (Å²) in [7, 11) is -3.87. The third kappa shape index (κ3) is 7.27. The van der Waals surface area contributed by atoms with Gasteiger partial charge in [-0.2, -0.15) is 8.42 Å². The zero-order valence-corrected chi connectivity index (χ0v) is 7.31. The summed E-state index contributed by atoms with van der Waals surface area (Å²) in [6.45, 7) is 3.62. The van der Waals surface area contributed by atoms with Crippen LogP contribution in [-0.2, 0) is 15.0 Å². The molecule has 0 saturated heterocycles. The van der Waals surface area contributed by atoms with Gasteiger partial charge in [-0.15, -0.1) is 0 Å². The smallest absolute Gasteiger partial charge is 0.274 e. The molecule has 0 radical (unpaired) electrons. The molecule has 0 saturated carbocycles. The van der Waals surface area contributed by atoms with Crippen molar-refractivity contribution in [3.8, 4) is 0 Å². The molecule has 0 atom stereocenters. The van der Waals surface area contributed by atoms with Gasteiger partial charge in [0.2, 0.25) is 5.91 Å². The third-order valence-corrected chi connectivity index (χ3v) is 1.36. The zero-order valence-electron chi connectivity index (χ0n) is 6.49. The van der Waals surface area contributed by atoms with Crippen LogP contribution in [0, 0.1) is 5.92 Å². The van der Waals surface area contributed by atoms with Gasteiger partial charge in [0.25, 0.3) is 10.2 Å². The SMILES string of the molecule is CC(C)CC(=O)NS(N)(=O)=O. The molecule has 0 fully saturated rings. The molecule has 0 spiro atoms. The summed E-state index contributed by atoms with van der Waals surface area (Å²) in [6, 6.07) is 0. The van der Waals surface area contributed by atoms with Crippen molar-refractivity contribution >= 4 is 16.1 Å². The van der Waals surface area contributed by atoms with E-state index >= 15 is 0 Å². The molecule has 0 aliphatic carbocycles. The number of amides is 1. The van der Waals surface area contributed by atoms with Crippen LogP contribution in [0.1, 0.15) is 20.3 Å². The molecule has 0 heterocycles. The highest BCUT2D eigenvalue weighted by molar-refractivity contribution is 7.87. The highest BCUT2D eigenvalue weighted by Crippen LogP contribution is 1.97. The second kappa shape index (κ2) is 3.68. The molecule has 0 rings (SSSR count). The molecular formula is C5H12N2O3S. The minimum atomic E-state index is -3.87. The molecule has 0 aromatic heterocycles. The molecule has 3 N–H and O–H groups in total. The predicted molar refractivity (Wildman–Crippen MR) is 40.7 cm³/mol. The van der Waals surface area contributed by atoms with E-state index in [0.29, 0.717) is 0 Å². The lowest BCUT2D eigenvalue weighted by Gasteiger charge is -2.03. The van der Waals surface area contributed by atoms with E-state index in [9.17, 15) is 13.2 Å². The Hall–Kier alpha value is -0.620. The normalized spacial score (nSPS) is 11.6. The van der Waals surface area contributed by atoms with E-state index in [1.54, 1.807) is 4.72 Å². The first-order valence-electron chi connectivity index (χ1n) is 3.14. The Morgan fingerprint density at radius 1 is 1.55 bits per heavy atom. The van der Waals surface area contributed by atoms with Gasteiger partial charge in [-0.05, 0) is 5.92 Å². The van der Waals surface area contributed by atoms with Crippen LogP contribution in [0.5, 0.6) is 0 Å². The van der Waals surface area contributed by atoms with Crippen molar-refractivity contribution in [3.05, 3.63) is 0 Å². The van der Waals surface area contributed by atoms with Crippen LogP contribution < -0.4 is 9.86 Å². The van der Waals surface area contributed by atoms with E-state index in [1.807, 2.05) is 13.8 Å². The summed E-state index contributed by atoms with van der Waals surface area (Å²) in [5.41, 5.74) is 0. The molecule has 0 aromatic rings. The summed E-state index contributed by atoms with van der Waals surface area (Å²) in [5, 5.41) is 4.55. The lowest BCUT2D eigenvalue weighted by molar-refractivity contribution is -0.120. The van der Waals surface area contributed by atoms with Crippen molar-refractivity contribution in [1.29, 1.82) is 0 Å². The van der Waals surface area contributed by atoms with Crippen molar-refractivity contribution in [2.24, 2.45) is 11.1 Å². The quantitative estimate of drug-likeness (QED) is 0.605. The van der Waals surface area contributed by atoms with E-state index in [1.165, 1.54) is 0 Å². The average molecular weight is 180 g/mol. The second-order valence-corrected chi connectivity index (χ2v) is 3.96. The molecule has 0 unspecified atom stereocenters. The number of nitrogens with one attached hydrogen (secondary N) is 1. The Morgan fingerprint density at radius 2 is 2.00 bits per heavy atom. The molecule has 11 heavy (non-hydrogen) atoms. The average Bonchev–Trinajstić information content (AvgIpc) is 1.53. The Kier molecular flexibility index (Phi) is 3.47. The van der Waals surface area contributed by atoms with Crippen molar-refractivity contribution < 1.29 is 13.2 Å². The maximum Gasteiger partial charge on any atom is 0.298 e. The van der Waals surface area contributed by atoms with Crippen LogP contribution in [0.15, 0.2) is 0 Å². The van der Waals surface area contributed by atoms with Crippen LogP contribution in [0.4, 0.5) is 0 Å². The summed E-state index contributed by atoms with van der Waals surface area (Å²) >= 11 is 0. The highest BCUT2D eigenvalue weighted by atomic mass is 32.2. The van der Waals surface area contributed by atoms with Crippen molar-refractivity contribution in [3.63, 3.8) is 0 Å².